The molecular formula is C10H5Cl2FO. The average molecular weight is 231 g/mol. The van der Waals surface area contributed by atoms with E-state index in [2.05, 4.69) is 0 Å². The Kier molecular flexibility index (Phi) is 2.48. The van der Waals surface area contributed by atoms with Crippen LogP contribution in [0.25, 0.3) is 11.3 Å². The summed E-state index contributed by atoms with van der Waals surface area (Å²) < 4.78 is 18.4. The molecule has 1 nitrogen and oxygen atoms in total. The molecule has 0 radical (unpaired) electrons. The smallest absolute Gasteiger partial charge is 0.138 e. The highest BCUT2D eigenvalue weighted by Crippen LogP contribution is 2.35. The van der Waals surface area contributed by atoms with E-state index in [1.807, 2.05) is 0 Å². The highest BCUT2D eigenvalue weighted by atomic mass is 35.5. The Hall–Kier alpha value is -0.990. The van der Waals surface area contributed by atoms with Gasteiger partial charge in [0.25, 0.3) is 0 Å². The van der Waals surface area contributed by atoms with E-state index >= 15 is 0 Å². The van der Waals surface area contributed by atoms with Crippen LogP contribution in [0.1, 0.15) is 0 Å². The molecule has 0 aliphatic rings. The number of hydrogen-bond donors (Lipinski definition) is 0. The predicted molar refractivity (Wildman–Crippen MR) is 54.1 cm³/mol. The van der Waals surface area contributed by atoms with Crippen LogP contribution in [0, 0.1) is 5.82 Å². The molecule has 0 atom stereocenters. The van der Waals surface area contributed by atoms with Gasteiger partial charge in [-0.1, -0.05) is 23.2 Å². The Morgan fingerprint density at radius 1 is 1.14 bits per heavy atom. The van der Waals surface area contributed by atoms with E-state index in [1.54, 1.807) is 12.1 Å². The lowest BCUT2D eigenvalue weighted by Gasteiger charge is -2.03. The first-order chi connectivity index (χ1) is 6.70. The Morgan fingerprint density at radius 2 is 1.93 bits per heavy atom. The lowest BCUT2D eigenvalue weighted by atomic mass is 10.1. The Morgan fingerprint density at radius 3 is 2.57 bits per heavy atom. The molecule has 0 unspecified atom stereocenters. The van der Waals surface area contributed by atoms with Gasteiger partial charge in [0.05, 0.1) is 21.9 Å². The SMILES string of the molecule is Fc1ccc(Cl)c(Cl)c1-c1ccco1. The van der Waals surface area contributed by atoms with Gasteiger partial charge in [0.15, 0.2) is 0 Å². The van der Waals surface area contributed by atoms with Gasteiger partial charge in [0.1, 0.15) is 11.6 Å². The summed E-state index contributed by atoms with van der Waals surface area (Å²) in [4.78, 5) is 0. The summed E-state index contributed by atoms with van der Waals surface area (Å²) >= 11 is 11.6. The number of furan rings is 1. The van der Waals surface area contributed by atoms with Crippen molar-refractivity contribution in [1.29, 1.82) is 0 Å². The molecule has 0 spiro atoms. The first-order valence-electron chi connectivity index (χ1n) is 3.87. The number of hydrogen-bond acceptors (Lipinski definition) is 1. The molecule has 0 amide bonds. The summed E-state index contributed by atoms with van der Waals surface area (Å²) in [5.74, 6) is -0.0793. The topological polar surface area (TPSA) is 13.1 Å². The fourth-order valence-electron chi connectivity index (χ4n) is 1.17. The third-order valence-electron chi connectivity index (χ3n) is 1.81. The minimum Gasteiger partial charge on any atom is -0.464 e. The van der Waals surface area contributed by atoms with Crippen molar-refractivity contribution in [3.05, 3.63) is 46.4 Å². The molecule has 1 aromatic heterocycles. The van der Waals surface area contributed by atoms with E-state index in [0.29, 0.717) is 10.8 Å². The molecule has 0 saturated heterocycles. The maximum Gasteiger partial charge on any atom is 0.138 e. The third kappa shape index (κ3) is 1.51. The average Bonchev–Trinajstić information content (AvgIpc) is 2.65. The summed E-state index contributed by atoms with van der Waals surface area (Å²) in [5, 5.41) is 0.473. The predicted octanol–water partition coefficient (Wildman–Crippen LogP) is 4.39. The van der Waals surface area contributed by atoms with Gasteiger partial charge in [0, 0.05) is 0 Å². The van der Waals surface area contributed by atoms with Crippen LogP contribution in [0.5, 0.6) is 0 Å². The van der Waals surface area contributed by atoms with Gasteiger partial charge in [0.2, 0.25) is 0 Å². The zero-order chi connectivity index (χ0) is 10.1. The van der Waals surface area contributed by atoms with Crippen molar-refractivity contribution >= 4 is 23.2 Å². The molecule has 0 bridgehead atoms. The summed E-state index contributed by atoms with van der Waals surface area (Å²) in [6, 6.07) is 5.95. The molecule has 0 saturated carbocycles. The third-order valence-corrected chi connectivity index (χ3v) is 2.62. The van der Waals surface area contributed by atoms with Crippen LogP contribution in [-0.2, 0) is 0 Å². The maximum absolute atomic E-state index is 13.4. The van der Waals surface area contributed by atoms with E-state index in [0.717, 1.165) is 0 Å². The van der Waals surface area contributed by atoms with Gasteiger partial charge in [-0.3, -0.25) is 0 Å². The van der Waals surface area contributed by atoms with Crippen molar-refractivity contribution < 1.29 is 8.81 Å². The maximum atomic E-state index is 13.4. The molecule has 0 N–H and O–H groups in total. The van der Waals surface area contributed by atoms with Crippen LogP contribution < -0.4 is 0 Å². The van der Waals surface area contributed by atoms with Crippen molar-refractivity contribution in [3.63, 3.8) is 0 Å². The molecule has 14 heavy (non-hydrogen) atoms. The number of rotatable bonds is 1. The van der Waals surface area contributed by atoms with Crippen LogP contribution in [0.4, 0.5) is 4.39 Å². The minimum atomic E-state index is -0.450. The molecule has 0 fully saturated rings. The zero-order valence-electron chi connectivity index (χ0n) is 6.93. The lowest BCUT2D eigenvalue weighted by molar-refractivity contribution is 0.569. The highest BCUT2D eigenvalue weighted by molar-refractivity contribution is 6.43. The number of benzene rings is 1. The van der Waals surface area contributed by atoms with Gasteiger partial charge in [-0.15, -0.1) is 0 Å². The standard InChI is InChI=1S/C10H5Cl2FO/c11-6-3-4-7(13)9(10(6)12)8-2-1-5-14-8/h1-5H. The van der Waals surface area contributed by atoms with Gasteiger partial charge in [-0.25, -0.2) is 4.39 Å². The van der Waals surface area contributed by atoms with Gasteiger partial charge in [-0.05, 0) is 24.3 Å². The van der Waals surface area contributed by atoms with E-state index in [4.69, 9.17) is 27.6 Å². The van der Waals surface area contributed by atoms with Crippen LogP contribution in [-0.4, -0.2) is 0 Å². The molecule has 2 rings (SSSR count). The molecule has 72 valence electrons. The highest BCUT2D eigenvalue weighted by Gasteiger charge is 2.14. The van der Waals surface area contributed by atoms with E-state index in [1.165, 1.54) is 18.4 Å². The number of halogens is 3. The van der Waals surface area contributed by atoms with Crippen LogP contribution >= 0.6 is 23.2 Å². The molecule has 0 aliphatic carbocycles. The van der Waals surface area contributed by atoms with E-state index in [9.17, 15) is 4.39 Å². The second-order valence-corrected chi connectivity index (χ2v) is 3.48. The fourth-order valence-corrected chi connectivity index (χ4v) is 1.58. The van der Waals surface area contributed by atoms with Crippen LogP contribution in [0.2, 0.25) is 10.0 Å². The monoisotopic (exact) mass is 230 g/mol. The van der Waals surface area contributed by atoms with Crippen molar-refractivity contribution in [2.75, 3.05) is 0 Å². The second-order valence-electron chi connectivity index (χ2n) is 2.70. The fraction of sp³-hybridized carbons (Fsp3) is 0. The molecular weight excluding hydrogens is 226 g/mol. The largest absolute Gasteiger partial charge is 0.464 e. The summed E-state index contributed by atoms with van der Waals surface area (Å²) in [6.45, 7) is 0. The molecule has 2 aromatic rings. The molecule has 1 heterocycles. The summed E-state index contributed by atoms with van der Waals surface area (Å²) in [7, 11) is 0. The summed E-state index contributed by atoms with van der Waals surface area (Å²) in [5.41, 5.74) is 0.198. The van der Waals surface area contributed by atoms with E-state index in [-0.39, 0.29) is 10.6 Å². The molecule has 4 heteroatoms. The van der Waals surface area contributed by atoms with Gasteiger partial charge < -0.3 is 4.42 Å². The zero-order valence-corrected chi connectivity index (χ0v) is 8.44. The quantitative estimate of drug-likeness (QED) is 0.663. The second kappa shape index (κ2) is 3.64. The van der Waals surface area contributed by atoms with Gasteiger partial charge in [-0.2, -0.15) is 0 Å². The van der Waals surface area contributed by atoms with Crippen molar-refractivity contribution in [1.82, 2.24) is 0 Å². The van der Waals surface area contributed by atoms with E-state index < -0.39 is 5.82 Å². The van der Waals surface area contributed by atoms with Gasteiger partial charge >= 0.3 is 0 Å². The minimum absolute atomic E-state index is 0.168. The van der Waals surface area contributed by atoms with Crippen LogP contribution in [0.3, 0.4) is 0 Å². The van der Waals surface area contributed by atoms with Crippen LogP contribution in [0.15, 0.2) is 34.9 Å². The Bertz CT molecular complexity index is 451. The molecule has 1 aromatic carbocycles. The van der Waals surface area contributed by atoms with Crippen molar-refractivity contribution in [2.24, 2.45) is 0 Å². The molecule has 0 aliphatic heterocycles. The van der Waals surface area contributed by atoms with Crippen molar-refractivity contribution in [2.45, 2.75) is 0 Å². The first kappa shape index (κ1) is 9.56. The Labute approximate surface area is 90.1 Å². The Balaban J connectivity index is 2.69. The normalized spacial score (nSPS) is 10.5. The van der Waals surface area contributed by atoms with Crippen molar-refractivity contribution in [3.8, 4) is 11.3 Å². The first-order valence-corrected chi connectivity index (χ1v) is 4.63. The lowest BCUT2D eigenvalue weighted by Crippen LogP contribution is -1.84. The summed E-state index contributed by atoms with van der Waals surface area (Å²) in [6.07, 6.45) is 1.45.